The van der Waals surface area contributed by atoms with Crippen molar-refractivity contribution in [2.75, 3.05) is 11.1 Å². The minimum atomic E-state index is 0.731. The molecule has 0 aliphatic carbocycles. The molecule has 5 heteroatoms. The summed E-state index contributed by atoms with van der Waals surface area (Å²) < 4.78 is 0. The SMILES string of the molecule is Cc1ccc(N)cc1Nc1cc(-c2cccnc2)nc2[nH]ccc12. The second-order valence-electron chi connectivity index (χ2n) is 5.74. The van der Waals surface area contributed by atoms with Gasteiger partial charge in [-0.15, -0.1) is 0 Å². The van der Waals surface area contributed by atoms with Crippen LogP contribution < -0.4 is 11.1 Å². The van der Waals surface area contributed by atoms with Crippen LogP contribution in [0.1, 0.15) is 5.56 Å². The highest BCUT2D eigenvalue weighted by atomic mass is 14.9. The average molecular weight is 315 g/mol. The number of benzene rings is 1. The topological polar surface area (TPSA) is 79.6 Å². The first-order chi connectivity index (χ1) is 11.7. The second kappa shape index (κ2) is 5.70. The van der Waals surface area contributed by atoms with E-state index < -0.39 is 0 Å². The van der Waals surface area contributed by atoms with Gasteiger partial charge in [0.1, 0.15) is 5.65 Å². The van der Waals surface area contributed by atoms with Crippen molar-refractivity contribution in [3.63, 3.8) is 0 Å². The van der Waals surface area contributed by atoms with Gasteiger partial charge in [-0.25, -0.2) is 4.98 Å². The fourth-order valence-electron chi connectivity index (χ4n) is 2.72. The third-order valence-electron chi connectivity index (χ3n) is 4.02. The number of pyridine rings is 2. The molecule has 0 bridgehead atoms. The molecular weight excluding hydrogens is 298 g/mol. The Morgan fingerprint density at radius 3 is 2.83 bits per heavy atom. The summed E-state index contributed by atoms with van der Waals surface area (Å²) in [5.41, 5.74) is 12.4. The van der Waals surface area contributed by atoms with Crippen LogP contribution in [0.5, 0.6) is 0 Å². The van der Waals surface area contributed by atoms with E-state index in [0.717, 1.165) is 44.9 Å². The van der Waals surface area contributed by atoms with Crippen molar-refractivity contribution in [2.45, 2.75) is 6.92 Å². The van der Waals surface area contributed by atoms with Gasteiger partial charge in [-0.2, -0.15) is 0 Å². The predicted octanol–water partition coefficient (Wildman–Crippen LogP) is 4.26. The molecule has 4 N–H and O–H groups in total. The number of anilines is 3. The Balaban J connectivity index is 1.85. The smallest absolute Gasteiger partial charge is 0.140 e. The summed E-state index contributed by atoms with van der Waals surface area (Å²) in [5, 5.41) is 4.52. The van der Waals surface area contributed by atoms with E-state index in [0.29, 0.717) is 0 Å². The van der Waals surface area contributed by atoms with Crippen molar-refractivity contribution in [1.82, 2.24) is 15.0 Å². The Morgan fingerprint density at radius 2 is 2.00 bits per heavy atom. The van der Waals surface area contributed by atoms with E-state index in [1.807, 2.05) is 54.9 Å². The van der Waals surface area contributed by atoms with Crippen molar-refractivity contribution in [1.29, 1.82) is 0 Å². The average Bonchev–Trinajstić information content (AvgIpc) is 3.08. The fourth-order valence-corrected chi connectivity index (χ4v) is 2.72. The summed E-state index contributed by atoms with van der Waals surface area (Å²) in [5.74, 6) is 0. The molecule has 0 amide bonds. The van der Waals surface area contributed by atoms with Crippen LogP contribution in [0.3, 0.4) is 0 Å². The lowest BCUT2D eigenvalue weighted by Gasteiger charge is -2.13. The van der Waals surface area contributed by atoms with E-state index in [2.05, 4.69) is 27.2 Å². The Hall–Kier alpha value is -3.34. The van der Waals surface area contributed by atoms with Crippen LogP contribution in [0.4, 0.5) is 17.1 Å². The number of nitrogen functional groups attached to an aromatic ring is 1. The molecule has 118 valence electrons. The molecule has 24 heavy (non-hydrogen) atoms. The lowest BCUT2D eigenvalue weighted by Crippen LogP contribution is -1.97. The lowest BCUT2D eigenvalue weighted by molar-refractivity contribution is 1.28. The lowest BCUT2D eigenvalue weighted by atomic mass is 10.1. The van der Waals surface area contributed by atoms with Crippen LogP contribution in [-0.2, 0) is 0 Å². The van der Waals surface area contributed by atoms with Crippen molar-refractivity contribution in [3.05, 3.63) is 66.6 Å². The van der Waals surface area contributed by atoms with Crippen LogP contribution in [0.15, 0.2) is 61.1 Å². The third-order valence-corrected chi connectivity index (χ3v) is 4.02. The van der Waals surface area contributed by atoms with Gasteiger partial charge in [0.05, 0.1) is 11.4 Å². The number of aromatic nitrogens is 3. The van der Waals surface area contributed by atoms with Crippen molar-refractivity contribution >= 4 is 28.1 Å². The molecule has 3 heterocycles. The quantitative estimate of drug-likeness (QED) is 0.494. The van der Waals surface area contributed by atoms with Crippen molar-refractivity contribution in [3.8, 4) is 11.3 Å². The molecule has 0 spiro atoms. The van der Waals surface area contributed by atoms with Crippen LogP contribution in [0.25, 0.3) is 22.3 Å². The van der Waals surface area contributed by atoms with Gasteiger partial charge in [0.15, 0.2) is 0 Å². The fraction of sp³-hybridized carbons (Fsp3) is 0.0526. The molecule has 0 atom stereocenters. The highest BCUT2D eigenvalue weighted by molar-refractivity contribution is 5.94. The molecule has 5 nitrogen and oxygen atoms in total. The minimum Gasteiger partial charge on any atom is -0.399 e. The molecular formula is C19H17N5. The van der Waals surface area contributed by atoms with Gasteiger partial charge in [0, 0.05) is 40.9 Å². The zero-order valence-electron chi connectivity index (χ0n) is 13.2. The number of nitrogens with zero attached hydrogens (tertiary/aromatic N) is 2. The molecule has 0 fully saturated rings. The molecule has 0 aliphatic rings. The molecule has 0 saturated carbocycles. The number of nitrogens with two attached hydrogens (primary N) is 1. The van der Waals surface area contributed by atoms with Gasteiger partial charge < -0.3 is 16.0 Å². The number of aromatic amines is 1. The Morgan fingerprint density at radius 1 is 1.08 bits per heavy atom. The first-order valence-electron chi connectivity index (χ1n) is 7.72. The largest absolute Gasteiger partial charge is 0.399 e. The second-order valence-corrected chi connectivity index (χ2v) is 5.74. The van der Waals surface area contributed by atoms with E-state index in [9.17, 15) is 0 Å². The summed E-state index contributed by atoms with van der Waals surface area (Å²) in [7, 11) is 0. The number of H-pyrrole nitrogens is 1. The van der Waals surface area contributed by atoms with Crippen LogP contribution >= 0.6 is 0 Å². The first-order valence-corrected chi connectivity index (χ1v) is 7.72. The normalized spacial score (nSPS) is 10.9. The molecule has 4 aromatic rings. The summed E-state index contributed by atoms with van der Waals surface area (Å²) in [4.78, 5) is 12.1. The molecule has 3 aromatic heterocycles. The van der Waals surface area contributed by atoms with Gasteiger partial charge in [-0.05, 0) is 48.9 Å². The maximum atomic E-state index is 5.93. The Bertz CT molecular complexity index is 1000. The molecule has 0 saturated heterocycles. The van der Waals surface area contributed by atoms with Gasteiger partial charge in [0.2, 0.25) is 0 Å². The molecule has 0 radical (unpaired) electrons. The number of hydrogen-bond donors (Lipinski definition) is 3. The first kappa shape index (κ1) is 14.3. The van der Waals surface area contributed by atoms with E-state index in [1.54, 1.807) is 6.20 Å². The Kier molecular flexibility index (Phi) is 3.39. The van der Waals surface area contributed by atoms with Crippen LogP contribution in [0.2, 0.25) is 0 Å². The zero-order valence-corrected chi connectivity index (χ0v) is 13.2. The number of fused-ring (bicyclic) bond motifs is 1. The van der Waals surface area contributed by atoms with Crippen LogP contribution in [-0.4, -0.2) is 15.0 Å². The highest BCUT2D eigenvalue weighted by Gasteiger charge is 2.10. The summed E-state index contributed by atoms with van der Waals surface area (Å²) in [6.45, 7) is 2.05. The summed E-state index contributed by atoms with van der Waals surface area (Å²) >= 11 is 0. The maximum absolute atomic E-state index is 5.93. The van der Waals surface area contributed by atoms with Crippen molar-refractivity contribution in [2.24, 2.45) is 0 Å². The minimum absolute atomic E-state index is 0.731. The number of aryl methyl sites for hydroxylation is 1. The summed E-state index contributed by atoms with van der Waals surface area (Å²) in [6, 6.07) is 13.8. The molecule has 0 unspecified atom stereocenters. The van der Waals surface area contributed by atoms with Gasteiger partial charge in [0.25, 0.3) is 0 Å². The summed E-state index contributed by atoms with van der Waals surface area (Å²) in [6.07, 6.45) is 5.46. The van der Waals surface area contributed by atoms with Gasteiger partial charge in [-0.1, -0.05) is 6.07 Å². The Labute approximate surface area is 139 Å². The predicted molar refractivity (Wildman–Crippen MR) is 98.2 cm³/mol. The monoisotopic (exact) mass is 315 g/mol. The molecule has 0 aliphatic heterocycles. The van der Waals surface area contributed by atoms with Crippen molar-refractivity contribution < 1.29 is 0 Å². The number of rotatable bonds is 3. The maximum Gasteiger partial charge on any atom is 0.140 e. The van der Waals surface area contributed by atoms with E-state index in [1.165, 1.54) is 0 Å². The molecule has 4 rings (SSSR count). The van der Waals surface area contributed by atoms with Crippen LogP contribution in [0, 0.1) is 6.92 Å². The molecule has 1 aromatic carbocycles. The van der Waals surface area contributed by atoms with E-state index in [4.69, 9.17) is 5.73 Å². The number of hydrogen-bond acceptors (Lipinski definition) is 4. The zero-order chi connectivity index (χ0) is 16.5. The van der Waals surface area contributed by atoms with E-state index in [-0.39, 0.29) is 0 Å². The standard InChI is InChI=1S/C19H17N5/c1-12-4-5-14(20)9-16(12)23-18-10-17(13-3-2-7-21-11-13)24-19-15(18)6-8-22-19/h2-11H,20H2,1H3,(H2,22,23,24). The highest BCUT2D eigenvalue weighted by Crippen LogP contribution is 2.31. The van der Waals surface area contributed by atoms with E-state index >= 15 is 0 Å². The third kappa shape index (κ3) is 2.56. The number of nitrogens with one attached hydrogen (secondary N) is 2. The van der Waals surface area contributed by atoms with Gasteiger partial charge >= 0.3 is 0 Å². The van der Waals surface area contributed by atoms with Gasteiger partial charge in [-0.3, -0.25) is 4.98 Å².